The van der Waals surface area contributed by atoms with E-state index < -0.39 is 10.0 Å². The standard InChI is InChI=1S/C21H27N5O3S/c1-4-25(5-2)14-15-26-19-9-7-6-8-18(19)23-21(26)24-20(27)16-10-12-17(13-11-16)30(28,29)22-3/h6-13,22H,4-5,14-15H2,1-3H3,(H,23,24,27). The summed E-state index contributed by atoms with van der Waals surface area (Å²) in [6.07, 6.45) is 0. The van der Waals surface area contributed by atoms with Crippen molar-refractivity contribution in [1.82, 2.24) is 19.2 Å². The van der Waals surface area contributed by atoms with Gasteiger partial charge in [-0.2, -0.15) is 0 Å². The lowest BCUT2D eigenvalue weighted by Gasteiger charge is -2.19. The van der Waals surface area contributed by atoms with Gasteiger partial charge in [-0.1, -0.05) is 26.0 Å². The summed E-state index contributed by atoms with van der Waals surface area (Å²) in [6.45, 7) is 7.68. The van der Waals surface area contributed by atoms with Crippen LogP contribution in [0.25, 0.3) is 11.0 Å². The normalized spacial score (nSPS) is 11.9. The highest BCUT2D eigenvalue weighted by Crippen LogP contribution is 2.20. The summed E-state index contributed by atoms with van der Waals surface area (Å²) in [5.74, 6) is 0.128. The number of para-hydroxylation sites is 2. The van der Waals surface area contributed by atoms with E-state index in [1.807, 2.05) is 28.8 Å². The molecule has 0 spiro atoms. The number of likely N-dealkylation sites (N-methyl/N-ethyl adjacent to an activating group) is 1. The number of hydrogen-bond donors (Lipinski definition) is 2. The summed E-state index contributed by atoms with van der Waals surface area (Å²) in [7, 11) is -2.20. The number of sulfonamides is 1. The molecule has 0 saturated carbocycles. The molecule has 3 rings (SSSR count). The number of nitrogens with one attached hydrogen (secondary N) is 2. The molecule has 3 aromatic rings. The highest BCUT2D eigenvalue weighted by atomic mass is 32.2. The van der Waals surface area contributed by atoms with Gasteiger partial charge in [0.25, 0.3) is 5.91 Å². The van der Waals surface area contributed by atoms with Crippen LogP contribution in [0.2, 0.25) is 0 Å². The second-order valence-electron chi connectivity index (χ2n) is 6.79. The Kier molecular flexibility index (Phi) is 6.86. The van der Waals surface area contributed by atoms with Gasteiger partial charge in [-0.05, 0) is 56.5 Å². The topological polar surface area (TPSA) is 96.3 Å². The van der Waals surface area contributed by atoms with Crippen LogP contribution in [-0.2, 0) is 16.6 Å². The van der Waals surface area contributed by atoms with E-state index in [0.29, 0.717) is 18.1 Å². The lowest BCUT2D eigenvalue weighted by atomic mass is 10.2. The van der Waals surface area contributed by atoms with Gasteiger partial charge in [0.1, 0.15) is 0 Å². The number of rotatable bonds is 9. The number of amides is 1. The molecule has 1 heterocycles. The zero-order chi connectivity index (χ0) is 21.7. The van der Waals surface area contributed by atoms with Gasteiger partial charge in [-0.15, -0.1) is 0 Å². The number of imidazole rings is 1. The molecule has 1 aromatic heterocycles. The molecule has 0 aliphatic carbocycles. The minimum atomic E-state index is -3.55. The maximum absolute atomic E-state index is 12.8. The second-order valence-corrected chi connectivity index (χ2v) is 8.68. The zero-order valence-corrected chi connectivity index (χ0v) is 18.2. The molecule has 9 heteroatoms. The Morgan fingerprint density at radius 2 is 1.73 bits per heavy atom. The Bertz CT molecular complexity index is 1120. The number of nitrogens with zero attached hydrogens (tertiary/aromatic N) is 3. The van der Waals surface area contributed by atoms with Gasteiger partial charge in [-0.25, -0.2) is 18.1 Å². The quantitative estimate of drug-likeness (QED) is 0.545. The van der Waals surface area contributed by atoms with Crippen LogP contribution in [0.5, 0.6) is 0 Å². The first-order valence-electron chi connectivity index (χ1n) is 9.92. The van der Waals surface area contributed by atoms with Crippen molar-refractivity contribution >= 4 is 32.9 Å². The average Bonchev–Trinajstić information content (AvgIpc) is 3.11. The number of benzene rings is 2. The molecule has 2 N–H and O–H groups in total. The van der Waals surface area contributed by atoms with E-state index in [2.05, 4.69) is 33.8 Å². The summed E-state index contributed by atoms with van der Waals surface area (Å²) < 4.78 is 28.0. The van der Waals surface area contributed by atoms with Gasteiger partial charge in [0, 0.05) is 18.7 Å². The summed E-state index contributed by atoms with van der Waals surface area (Å²) in [5.41, 5.74) is 2.12. The lowest BCUT2D eigenvalue weighted by molar-refractivity contribution is 0.102. The Labute approximate surface area is 177 Å². The van der Waals surface area contributed by atoms with Crippen molar-refractivity contribution in [2.75, 3.05) is 32.0 Å². The number of fused-ring (bicyclic) bond motifs is 1. The van der Waals surface area contributed by atoms with Crippen LogP contribution in [0.1, 0.15) is 24.2 Å². The second kappa shape index (κ2) is 9.38. The van der Waals surface area contributed by atoms with Crippen LogP contribution < -0.4 is 10.0 Å². The largest absolute Gasteiger partial charge is 0.309 e. The van der Waals surface area contributed by atoms with Crippen LogP contribution in [0.4, 0.5) is 5.95 Å². The van der Waals surface area contributed by atoms with Crippen LogP contribution >= 0.6 is 0 Å². The number of hydrogen-bond acceptors (Lipinski definition) is 5. The Balaban J connectivity index is 1.85. The van der Waals surface area contributed by atoms with Gasteiger partial charge >= 0.3 is 0 Å². The third kappa shape index (κ3) is 4.69. The molecule has 30 heavy (non-hydrogen) atoms. The number of aromatic nitrogens is 2. The molecular weight excluding hydrogens is 402 g/mol. The van der Waals surface area contributed by atoms with Gasteiger partial charge < -0.3 is 9.47 Å². The van der Waals surface area contributed by atoms with E-state index in [9.17, 15) is 13.2 Å². The fourth-order valence-electron chi connectivity index (χ4n) is 3.26. The van der Waals surface area contributed by atoms with E-state index in [1.165, 1.54) is 31.3 Å². The molecule has 0 fully saturated rings. The van der Waals surface area contributed by atoms with E-state index in [4.69, 9.17) is 0 Å². The molecule has 0 aliphatic heterocycles. The SMILES string of the molecule is CCN(CC)CCn1c(NC(=O)c2ccc(S(=O)(=O)NC)cc2)nc2ccccc21. The van der Waals surface area contributed by atoms with Crippen molar-refractivity contribution in [2.24, 2.45) is 0 Å². The summed E-state index contributed by atoms with van der Waals surface area (Å²) >= 11 is 0. The Morgan fingerprint density at radius 1 is 1.07 bits per heavy atom. The first-order chi connectivity index (χ1) is 14.4. The van der Waals surface area contributed by atoms with Gasteiger partial charge in [0.15, 0.2) is 0 Å². The summed E-state index contributed by atoms with van der Waals surface area (Å²) in [5, 5.41) is 2.88. The van der Waals surface area contributed by atoms with Crippen LogP contribution in [0.15, 0.2) is 53.4 Å². The Morgan fingerprint density at radius 3 is 2.37 bits per heavy atom. The van der Waals surface area contributed by atoms with Gasteiger partial charge in [0.2, 0.25) is 16.0 Å². The van der Waals surface area contributed by atoms with Crippen molar-refractivity contribution in [1.29, 1.82) is 0 Å². The minimum Gasteiger partial charge on any atom is -0.309 e. The third-order valence-electron chi connectivity index (χ3n) is 5.11. The van der Waals surface area contributed by atoms with Crippen LogP contribution in [0.3, 0.4) is 0 Å². The predicted octanol–water partition coefficient (Wildman–Crippen LogP) is 2.54. The van der Waals surface area contributed by atoms with E-state index in [1.54, 1.807) is 0 Å². The van der Waals surface area contributed by atoms with Crippen molar-refractivity contribution < 1.29 is 13.2 Å². The molecule has 0 saturated heterocycles. The molecule has 0 aliphatic rings. The minimum absolute atomic E-state index is 0.105. The van der Waals surface area contributed by atoms with Crippen molar-refractivity contribution in [2.45, 2.75) is 25.3 Å². The molecule has 0 radical (unpaired) electrons. The van der Waals surface area contributed by atoms with E-state index in [-0.39, 0.29) is 10.8 Å². The Hall–Kier alpha value is -2.75. The van der Waals surface area contributed by atoms with Crippen LogP contribution in [0, 0.1) is 0 Å². The average molecular weight is 430 g/mol. The van der Waals surface area contributed by atoms with Gasteiger partial charge in [0.05, 0.1) is 15.9 Å². The molecule has 2 aromatic carbocycles. The van der Waals surface area contributed by atoms with Crippen LogP contribution in [-0.4, -0.2) is 55.5 Å². The highest BCUT2D eigenvalue weighted by molar-refractivity contribution is 7.89. The number of carbonyl (C=O) groups is 1. The molecule has 0 unspecified atom stereocenters. The third-order valence-corrected chi connectivity index (χ3v) is 6.54. The fraction of sp³-hybridized carbons (Fsp3) is 0.333. The zero-order valence-electron chi connectivity index (χ0n) is 17.4. The van der Waals surface area contributed by atoms with Crippen molar-refractivity contribution in [3.05, 3.63) is 54.1 Å². The fourth-order valence-corrected chi connectivity index (χ4v) is 3.99. The summed E-state index contributed by atoms with van der Waals surface area (Å²) in [6, 6.07) is 13.5. The molecule has 0 atom stereocenters. The predicted molar refractivity (Wildman–Crippen MR) is 118 cm³/mol. The monoisotopic (exact) mass is 429 g/mol. The van der Waals surface area contributed by atoms with E-state index in [0.717, 1.165) is 30.7 Å². The van der Waals surface area contributed by atoms with Crippen molar-refractivity contribution in [3.63, 3.8) is 0 Å². The van der Waals surface area contributed by atoms with Crippen molar-refractivity contribution in [3.8, 4) is 0 Å². The lowest BCUT2D eigenvalue weighted by Crippen LogP contribution is -2.27. The molecule has 1 amide bonds. The molecular formula is C21H27N5O3S. The first kappa shape index (κ1) is 21.9. The molecule has 0 bridgehead atoms. The van der Waals surface area contributed by atoms with E-state index >= 15 is 0 Å². The van der Waals surface area contributed by atoms with Gasteiger partial charge in [-0.3, -0.25) is 10.1 Å². The maximum atomic E-state index is 12.8. The smallest absolute Gasteiger partial charge is 0.257 e. The number of anilines is 1. The highest BCUT2D eigenvalue weighted by Gasteiger charge is 2.16. The number of carbonyl (C=O) groups excluding carboxylic acids is 1. The maximum Gasteiger partial charge on any atom is 0.257 e. The summed E-state index contributed by atoms with van der Waals surface area (Å²) in [4.78, 5) is 19.8. The molecule has 8 nitrogen and oxygen atoms in total. The molecule has 160 valence electrons. The first-order valence-corrected chi connectivity index (χ1v) is 11.4.